The Morgan fingerprint density at radius 2 is 2.11 bits per heavy atom. The number of rotatable bonds is 2. The second-order valence-corrected chi connectivity index (χ2v) is 7.30. The van der Waals surface area contributed by atoms with Crippen molar-refractivity contribution in [1.29, 1.82) is 0 Å². The fourth-order valence-electron chi connectivity index (χ4n) is 1.95. The van der Waals surface area contributed by atoms with E-state index in [2.05, 4.69) is 49.3 Å². The maximum absolute atomic E-state index is 5.74. The van der Waals surface area contributed by atoms with Gasteiger partial charge in [-0.1, -0.05) is 0 Å². The van der Waals surface area contributed by atoms with Gasteiger partial charge >= 0.3 is 0 Å². The number of ether oxygens (including phenoxy) is 1. The summed E-state index contributed by atoms with van der Waals surface area (Å²) in [5, 5.41) is 2.11. The molecule has 0 amide bonds. The van der Waals surface area contributed by atoms with E-state index in [0.717, 1.165) is 11.5 Å². The van der Waals surface area contributed by atoms with Crippen LogP contribution in [0, 0.1) is 6.92 Å². The molecule has 0 unspecified atom stereocenters. The Balaban J connectivity index is 2.03. The van der Waals surface area contributed by atoms with Crippen LogP contribution in [-0.4, -0.2) is 18.0 Å². The minimum atomic E-state index is -0.0973. The van der Waals surface area contributed by atoms with Gasteiger partial charge in [-0.25, -0.2) is 4.99 Å². The van der Waals surface area contributed by atoms with Gasteiger partial charge in [-0.3, -0.25) is 0 Å². The van der Waals surface area contributed by atoms with E-state index in [1.165, 1.54) is 14.6 Å². The lowest BCUT2D eigenvalue weighted by Gasteiger charge is -2.07. The zero-order valence-corrected chi connectivity index (χ0v) is 12.3. The van der Waals surface area contributed by atoms with E-state index in [-0.39, 0.29) is 5.54 Å². The molecule has 2 nitrogen and oxygen atoms in total. The van der Waals surface area contributed by atoms with E-state index in [4.69, 9.17) is 4.74 Å². The maximum Gasteiger partial charge on any atom is 0.218 e. The first-order valence-corrected chi connectivity index (χ1v) is 7.62. The Morgan fingerprint density at radius 3 is 2.72 bits per heavy atom. The number of hydrogen-bond acceptors (Lipinski definition) is 4. The number of thiophene rings is 2. The van der Waals surface area contributed by atoms with Gasteiger partial charge in [0.15, 0.2) is 0 Å². The highest BCUT2D eigenvalue weighted by Crippen LogP contribution is 2.36. The van der Waals surface area contributed by atoms with E-state index in [0.29, 0.717) is 6.61 Å². The first-order chi connectivity index (χ1) is 8.55. The molecule has 2 aromatic heterocycles. The Kier molecular flexibility index (Phi) is 2.79. The SMILES string of the molecule is Cc1ccc(-c2sccc2C2=NC(C)(C)CO2)s1. The lowest BCUT2D eigenvalue weighted by atomic mass is 10.1. The van der Waals surface area contributed by atoms with Crippen molar-refractivity contribution in [3.63, 3.8) is 0 Å². The number of aryl methyl sites for hydroxylation is 1. The zero-order chi connectivity index (χ0) is 12.8. The molecule has 0 spiro atoms. The second kappa shape index (κ2) is 4.21. The molecule has 0 saturated heterocycles. The van der Waals surface area contributed by atoms with Gasteiger partial charge in [-0.05, 0) is 44.4 Å². The van der Waals surface area contributed by atoms with Crippen molar-refractivity contribution in [1.82, 2.24) is 0 Å². The molecule has 18 heavy (non-hydrogen) atoms. The molecule has 0 aromatic carbocycles. The molecule has 1 aliphatic rings. The smallest absolute Gasteiger partial charge is 0.218 e. The standard InChI is InChI=1S/C14H15NOS2/c1-9-4-5-11(18-9)12-10(6-7-17-12)13-15-14(2,3)8-16-13/h4-7H,8H2,1-3H3. The lowest BCUT2D eigenvalue weighted by Crippen LogP contribution is -2.17. The van der Waals surface area contributed by atoms with Gasteiger partial charge in [0, 0.05) is 9.75 Å². The highest BCUT2D eigenvalue weighted by atomic mass is 32.1. The number of hydrogen-bond donors (Lipinski definition) is 0. The van der Waals surface area contributed by atoms with Crippen LogP contribution in [-0.2, 0) is 4.74 Å². The maximum atomic E-state index is 5.74. The summed E-state index contributed by atoms with van der Waals surface area (Å²) in [4.78, 5) is 8.56. The average molecular weight is 277 g/mol. The highest BCUT2D eigenvalue weighted by Gasteiger charge is 2.28. The Bertz CT molecular complexity index is 607. The van der Waals surface area contributed by atoms with Crippen LogP contribution in [0.25, 0.3) is 9.75 Å². The van der Waals surface area contributed by atoms with Crippen LogP contribution in [0.3, 0.4) is 0 Å². The Hall–Kier alpha value is -1.13. The fourth-order valence-corrected chi connectivity index (χ4v) is 3.85. The summed E-state index contributed by atoms with van der Waals surface area (Å²) >= 11 is 3.57. The van der Waals surface area contributed by atoms with Gasteiger partial charge in [0.2, 0.25) is 5.90 Å². The fraction of sp³-hybridized carbons (Fsp3) is 0.357. The first-order valence-electron chi connectivity index (χ1n) is 5.92. The van der Waals surface area contributed by atoms with E-state index in [9.17, 15) is 0 Å². The summed E-state index contributed by atoms with van der Waals surface area (Å²) in [5.41, 5.74) is 1.03. The van der Waals surface area contributed by atoms with E-state index in [1.54, 1.807) is 11.3 Å². The van der Waals surface area contributed by atoms with Crippen molar-refractivity contribution >= 4 is 28.6 Å². The summed E-state index contributed by atoms with van der Waals surface area (Å²) in [6.45, 7) is 7.00. The van der Waals surface area contributed by atoms with Crippen LogP contribution < -0.4 is 0 Å². The quantitative estimate of drug-likeness (QED) is 0.800. The van der Waals surface area contributed by atoms with Crippen LogP contribution in [0.1, 0.15) is 24.3 Å². The van der Waals surface area contributed by atoms with Crippen LogP contribution in [0.4, 0.5) is 0 Å². The Morgan fingerprint density at radius 1 is 1.28 bits per heavy atom. The molecule has 0 saturated carbocycles. The summed E-state index contributed by atoms with van der Waals surface area (Å²) < 4.78 is 5.74. The molecule has 0 fully saturated rings. The molecular formula is C14H15NOS2. The van der Waals surface area contributed by atoms with E-state index in [1.807, 2.05) is 11.3 Å². The number of nitrogens with zero attached hydrogens (tertiary/aromatic N) is 1. The Labute approximate surface area is 115 Å². The second-order valence-electron chi connectivity index (χ2n) is 5.09. The predicted molar refractivity (Wildman–Crippen MR) is 78.9 cm³/mol. The third kappa shape index (κ3) is 2.10. The third-order valence-corrected chi connectivity index (χ3v) is 4.92. The summed E-state index contributed by atoms with van der Waals surface area (Å²) in [7, 11) is 0. The largest absolute Gasteiger partial charge is 0.475 e. The molecule has 0 bridgehead atoms. The molecular weight excluding hydrogens is 262 g/mol. The minimum absolute atomic E-state index is 0.0973. The monoisotopic (exact) mass is 277 g/mol. The summed E-state index contributed by atoms with van der Waals surface area (Å²) in [6, 6.07) is 6.44. The molecule has 0 radical (unpaired) electrons. The molecule has 0 atom stereocenters. The summed E-state index contributed by atoms with van der Waals surface area (Å²) in [6.07, 6.45) is 0. The van der Waals surface area contributed by atoms with Crippen LogP contribution in [0.2, 0.25) is 0 Å². The normalized spacial score (nSPS) is 17.6. The van der Waals surface area contributed by atoms with Crippen LogP contribution >= 0.6 is 22.7 Å². The van der Waals surface area contributed by atoms with Crippen molar-refractivity contribution in [3.8, 4) is 9.75 Å². The van der Waals surface area contributed by atoms with Gasteiger partial charge < -0.3 is 4.74 Å². The van der Waals surface area contributed by atoms with E-state index >= 15 is 0 Å². The first kappa shape index (κ1) is 11.9. The minimum Gasteiger partial charge on any atom is -0.475 e. The number of aliphatic imine (C=N–C) groups is 1. The molecule has 4 heteroatoms. The van der Waals surface area contributed by atoms with Gasteiger partial charge in [-0.2, -0.15) is 0 Å². The third-order valence-electron chi connectivity index (χ3n) is 2.83. The lowest BCUT2D eigenvalue weighted by molar-refractivity contribution is 0.279. The van der Waals surface area contributed by atoms with Gasteiger partial charge in [-0.15, -0.1) is 22.7 Å². The van der Waals surface area contributed by atoms with Crippen molar-refractivity contribution in [3.05, 3.63) is 34.0 Å². The van der Waals surface area contributed by atoms with Gasteiger partial charge in [0.1, 0.15) is 6.61 Å². The van der Waals surface area contributed by atoms with Gasteiger partial charge in [0.05, 0.1) is 16.0 Å². The van der Waals surface area contributed by atoms with Crippen LogP contribution in [0.5, 0.6) is 0 Å². The molecule has 0 N–H and O–H groups in total. The topological polar surface area (TPSA) is 21.6 Å². The molecule has 3 rings (SSSR count). The molecule has 3 heterocycles. The average Bonchev–Trinajstić information content (AvgIpc) is 2.96. The molecule has 94 valence electrons. The molecule has 2 aromatic rings. The van der Waals surface area contributed by atoms with Crippen molar-refractivity contribution in [2.75, 3.05) is 6.61 Å². The van der Waals surface area contributed by atoms with Gasteiger partial charge in [0.25, 0.3) is 0 Å². The highest BCUT2D eigenvalue weighted by molar-refractivity contribution is 7.21. The zero-order valence-electron chi connectivity index (χ0n) is 10.7. The molecule has 1 aliphatic heterocycles. The van der Waals surface area contributed by atoms with E-state index < -0.39 is 0 Å². The van der Waals surface area contributed by atoms with Crippen LogP contribution in [0.15, 0.2) is 28.6 Å². The predicted octanol–water partition coefficient (Wildman–Crippen LogP) is 4.34. The van der Waals surface area contributed by atoms with Crippen molar-refractivity contribution in [2.24, 2.45) is 4.99 Å². The van der Waals surface area contributed by atoms with Crippen molar-refractivity contribution < 1.29 is 4.74 Å². The summed E-state index contributed by atoms with van der Waals surface area (Å²) in [5.74, 6) is 0.794. The molecule has 0 aliphatic carbocycles. The van der Waals surface area contributed by atoms with Crippen molar-refractivity contribution in [2.45, 2.75) is 26.3 Å².